The molecule has 0 fully saturated rings. The Morgan fingerprint density at radius 2 is 2.13 bits per heavy atom. The average Bonchev–Trinajstić information content (AvgIpc) is 2.89. The summed E-state index contributed by atoms with van der Waals surface area (Å²) in [6.07, 6.45) is 0.778. The van der Waals surface area contributed by atoms with Crippen LogP contribution in [0.15, 0.2) is 18.2 Å². The van der Waals surface area contributed by atoms with Gasteiger partial charge in [0.05, 0.1) is 11.3 Å². The lowest BCUT2D eigenvalue weighted by molar-refractivity contribution is 0.0701. The molecule has 0 bridgehead atoms. The zero-order valence-corrected chi connectivity index (χ0v) is 14.0. The fourth-order valence-corrected chi connectivity index (χ4v) is 2.85. The highest BCUT2D eigenvalue weighted by Crippen LogP contribution is 2.29. The number of carboxylic acids is 1. The van der Waals surface area contributed by atoms with Gasteiger partial charge < -0.3 is 5.11 Å². The normalized spacial score (nSPS) is 10.0. The topological polar surface area (TPSA) is 74.0 Å². The van der Waals surface area contributed by atoms with E-state index in [1.54, 1.807) is 19.1 Å². The number of rotatable bonds is 3. The van der Waals surface area contributed by atoms with Crippen LogP contribution in [0.3, 0.4) is 0 Å². The van der Waals surface area contributed by atoms with E-state index in [9.17, 15) is 10.1 Å². The average molecular weight is 324 g/mol. The van der Waals surface area contributed by atoms with Gasteiger partial charge in [-0.1, -0.05) is 31.8 Å². The summed E-state index contributed by atoms with van der Waals surface area (Å²) in [7, 11) is 0. The van der Waals surface area contributed by atoms with Gasteiger partial charge in [-0.05, 0) is 25.0 Å². The molecule has 2 aromatic rings. The molecule has 0 saturated carbocycles. The van der Waals surface area contributed by atoms with Gasteiger partial charge in [0.2, 0.25) is 0 Å². The maximum absolute atomic E-state index is 11.1. The minimum atomic E-state index is -0.983. The van der Waals surface area contributed by atoms with Crippen LogP contribution in [0.1, 0.15) is 46.8 Å². The molecule has 23 heavy (non-hydrogen) atoms. The quantitative estimate of drug-likeness (QED) is 0.863. The van der Waals surface area contributed by atoms with Crippen molar-refractivity contribution >= 4 is 17.3 Å². The number of benzene rings is 1. The lowest BCUT2D eigenvalue weighted by Gasteiger charge is -2.00. The Hall–Kier alpha value is -2.63. The van der Waals surface area contributed by atoms with Crippen molar-refractivity contribution in [2.45, 2.75) is 27.2 Å². The molecule has 2 rings (SSSR count). The molecule has 0 aliphatic carbocycles. The monoisotopic (exact) mass is 324 g/mol. The third-order valence-electron chi connectivity index (χ3n) is 3.11. The third-order valence-corrected chi connectivity index (χ3v) is 4.31. The van der Waals surface area contributed by atoms with Gasteiger partial charge in [-0.3, -0.25) is 0 Å². The summed E-state index contributed by atoms with van der Waals surface area (Å²) in [4.78, 5) is 15.6. The van der Waals surface area contributed by atoms with Crippen LogP contribution in [0.4, 0.5) is 0 Å². The van der Waals surface area contributed by atoms with Crippen LogP contribution < -0.4 is 0 Å². The van der Waals surface area contributed by atoms with Gasteiger partial charge in [0.15, 0.2) is 0 Å². The number of thiazole rings is 1. The molecule has 0 amide bonds. The zero-order valence-electron chi connectivity index (χ0n) is 13.2. The van der Waals surface area contributed by atoms with E-state index in [4.69, 9.17) is 5.11 Å². The van der Waals surface area contributed by atoms with Gasteiger partial charge in [0.25, 0.3) is 0 Å². The Morgan fingerprint density at radius 1 is 1.39 bits per heavy atom. The second-order valence-electron chi connectivity index (χ2n) is 5.51. The number of aryl methyl sites for hydroxylation is 1. The minimum absolute atomic E-state index is 0.222. The first-order chi connectivity index (χ1) is 10.9. The summed E-state index contributed by atoms with van der Waals surface area (Å²) < 4.78 is 0. The molecule has 0 radical (unpaired) electrons. The van der Waals surface area contributed by atoms with Crippen LogP contribution >= 0.6 is 11.3 Å². The standard InChI is InChI=1S/C18H16N2O2S/c1-11(2)5-4-6-13-7-8-14(9-15(13)10-19)17-20-12(3)16(23-17)18(21)22/h7-9,11H,5H2,1-3H3,(H,21,22). The fourth-order valence-electron chi connectivity index (χ4n) is 1.95. The maximum atomic E-state index is 11.1. The number of nitriles is 1. The highest BCUT2D eigenvalue weighted by Gasteiger charge is 2.15. The lowest BCUT2D eigenvalue weighted by atomic mass is 10.0. The van der Waals surface area contributed by atoms with Gasteiger partial charge in [0, 0.05) is 17.5 Å². The van der Waals surface area contributed by atoms with Crippen LogP contribution in [-0.4, -0.2) is 16.1 Å². The lowest BCUT2D eigenvalue weighted by Crippen LogP contribution is -1.94. The third kappa shape index (κ3) is 3.97. The molecule has 1 N–H and O–H groups in total. The molecule has 0 aliphatic rings. The van der Waals surface area contributed by atoms with Crippen molar-refractivity contribution in [3.8, 4) is 28.5 Å². The number of aromatic nitrogens is 1. The predicted molar refractivity (Wildman–Crippen MR) is 90.3 cm³/mol. The summed E-state index contributed by atoms with van der Waals surface area (Å²) in [6, 6.07) is 7.47. The van der Waals surface area contributed by atoms with Crippen LogP contribution in [0.25, 0.3) is 10.6 Å². The molecule has 1 aromatic heterocycles. The van der Waals surface area contributed by atoms with E-state index in [1.165, 1.54) is 0 Å². The van der Waals surface area contributed by atoms with Gasteiger partial charge in [-0.2, -0.15) is 5.26 Å². The molecular weight excluding hydrogens is 308 g/mol. The number of carboxylic acid groups (broad SMARTS) is 1. The van der Waals surface area contributed by atoms with Crippen molar-refractivity contribution in [3.05, 3.63) is 39.9 Å². The summed E-state index contributed by atoms with van der Waals surface area (Å²) in [5, 5.41) is 19.0. The maximum Gasteiger partial charge on any atom is 0.347 e. The zero-order chi connectivity index (χ0) is 17.0. The molecule has 1 aromatic carbocycles. The van der Waals surface area contributed by atoms with Crippen molar-refractivity contribution < 1.29 is 9.90 Å². The van der Waals surface area contributed by atoms with Crippen molar-refractivity contribution in [1.82, 2.24) is 4.98 Å². The summed E-state index contributed by atoms with van der Waals surface area (Å²) in [5.41, 5.74) is 2.38. The first-order valence-electron chi connectivity index (χ1n) is 7.16. The minimum Gasteiger partial charge on any atom is -0.477 e. The van der Waals surface area contributed by atoms with E-state index in [0.29, 0.717) is 27.7 Å². The van der Waals surface area contributed by atoms with Crippen molar-refractivity contribution in [2.24, 2.45) is 5.92 Å². The molecule has 0 spiro atoms. The van der Waals surface area contributed by atoms with E-state index >= 15 is 0 Å². The summed E-state index contributed by atoms with van der Waals surface area (Å²) in [6.45, 7) is 5.85. The molecule has 0 atom stereocenters. The van der Waals surface area contributed by atoms with E-state index < -0.39 is 5.97 Å². The molecule has 4 nitrogen and oxygen atoms in total. The highest BCUT2D eigenvalue weighted by atomic mass is 32.1. The fraction of sp³-hybridized carbons (Fsp3) is 0.278. The van der Waals surface area contributed by atoms with Crippen LogP contribution in [0.5, 0.6) is 0 Å². The smallest absolute Gasteiger partial charge is 0.347 e. The van der Waals surface area contributed by atoms with Crippen molar-refractivity contribution in [1.29, 1.82) is 5.26 Å². The van der Waals surface area contributed by atoms with Crippen LogP contribution in [0.2, 0.25) is 0 Å². The Morgan fingerprint density at radius 3 is 2.70 bits per heavy atom. The van der Waals surface area contributed by atoms with Gasteiger partial charge in [-0.15, -0.1) is 11.3 Å². The second-order valence-corrected chi connectivity index (χ2v) is 6.51. The largest absolute Gasteiger partial charge is 0.477 e. The van der Waals surface area contributed by atoms with Gasteiger partial charge >= 0.3 is 5.97 Å². The van der Waals surface area contributed by atoms with E-state index in [2.05, 4.69) is 36.7 Å². The first kappa shape index (κ1) is 16.7. The Bertz CT molecular complexity index is 848. The molecule has 1 heterocycles. The highest BCUT2D eigenvalue weighted by molar-refractivity contribution is 7.17. The van der Waals surface area contributed by atoms with Crippen LogP contribution in [-0.2, 0) is 0 Å². The number of hydrogen-bond acceptors (Lipinski definition) is 4. The number of carbonyl (C=O) groups is 1. The molecule has 5 heteroatoms. The molecule has 0 unspecified atom stereocenters. The number of hydrogen-bond donors (Lipinski definition) is 1. The van der Waals surface area contributed by atoms with E-state index in [-0.39, 0.29) is 4.88 Å². The van der Waals surface area contributed by atoms with Crippen molar-refractivity contribution in [2.75, 3.05) is 0 Å². The number of aromatic carboxylic acids is 1. The van der Waals surface area contributed by atoms with Crippen LogP contribution in [0, 0.1) is 36.0 Å². The Kier molecular flexibility index (Phi) is 5.16. The molecule has 116 valence electrons. The van der Waals surface area contributed by atoms with E-state index in [0.717, 1.165) is 23.3 Å². The van der Waals surface area contributed by atoms with Gasteiger partial charge in [-0.25, -0.2) is 9.78 Å². The van der Waals surface area contributed by atoms with Crippen molar-refractivity contribution in [3.63, 3.8) is 0 Å². The van der Waals surface area contributed by atoms with Gasteiger partial charge in [0.1, 0.15) is 16.0 Å². The number of nitrogens with zero attached hydrogens (tertiary/aromatic N) is 2. The molecule has 0 aliphatic heterocycles. The summed E-state index contributed by atoms with van der Waals surface area (Å²) >= 11 is 1.11. The molecule has 0 saturated heterocycles. The Labute approximate surface area is 139 Å². The first-order valence-corrected chi connectivity index (χ1v) is 7.98. The Balaban J connectivity index is 2.39. The SMILES string of the molecule is Cc1nc(-c2ccc(C#CCC(C)C)c(C#N)c2)sc1C(=O)O. The predicted octanol–water partition coefficient (Wildman–Crippen LogP) is 4.09. The van der Waals surface area contributed by atoms with E-state index in [1.807, 2.05) is 6.07 Å². The molecular formula is C18H16N2O2S. The second kappa shape index (κ2) is 7.09. The summed E-state index contributed by atoms with van der Waals surface area (Å²) in [5.74, 6) is 5.60.